The summed E-state index contributed by atoms with van der Waals surface area (Å²) in [6, 6.07) is 0. The second kappa shape index (κ2) is 4.13. The fourth-order valence-electron chi connectivity index (χ4n) is 2.82. The van der Waals surface area contributed by atoms with Crippen LogP contribution in [0, 0.1) is 11.8 Å². The van der Waals surface area contributed by atoms with Gasteiger partial charge in [-0.15, -0.1) is 0 Å². The third kappa shape index (κ3) is 1.87. The Morgan fingerprint density at radius 1 is 1.46 bits per heavy atom. The van der Waals surface area contributed by atoms with Gasteiger partial charge in [-0.25, -0.2) is 0 Å². The molecular formula is C13H20. The molecule has 0 saturated heterocycles. The number of hydrogen-bond donors (Lipinski definition) is 0. The number of fused-ring (bicyclic) bond motifs is 1. The normalized spacial score (nSPS) is 31.6. The molecule has 2 aliphatic rings. The summed E-state index contributed by atoms with van der Waals surface area (Å²) < 4.78 is 0. The van der Waals surface area contributed by atoms with Gasteiger partial charge >= 0.3 is 0 Å². The van der Waals surface area contributed by atoms with Gasteiger partial charge < -0.3 is 0 Å². The quantitative estimate of drug-likeness (QED) is 0.607. The van der Waals surface area contributed by atoms with Gasteiger partial charge in [-0.3, -0.25) is 0 Å². The van der Waals surface area contributed by atoms with Crippen molar-refractivity contribution < 1.29 is 0 Å². The first-order valence-electron chi connectivity index (χ1n) is 5.77. The molecule has 0 amide bonds. The molecule has 0 bridgehead atoms. The maximum Gasteiger partial charge on any atom is -0.0137 e. The lowest BCUT2D eigenvalue weighted by atomic mass is 9.85. The van der Waals surface area contributed by atoms with Crippen LogP contribution < -0.4 is 0 Å². The number of allylic oxidation sites excluding steroid dienone is 4. The molecule has 72 valence electrons. The summed E-state index contributed by atoms with van der Waals surface area (Å²) in [7, 11) is 0. The molecule has 0 aromatic rings. The third-order valence-corrected chi connectivity index (χ3v) is 3.61. The Morgan fingerprint density at radius 3 is 3.23 bits per heavy atom. The first-order chi connectivity index (χ1) is 6.42. The molecule has 1 saturated carbocycles. The Balaban J connectivity index is 1.94. The number of unbranched alkanes of at least 4 members (excludes halogenated alkanes) is 1. The van der Waals surface area contributed by atoms with Gasteiger partial charge in [0.1, 0.15) is 0 Å². The second-order valence-corrected chi connectivity index (χ2v) is 4.45. The van der Waals surface area contributed by atoms with Crippen LogP contribution in [0.15, 0.2) is 23.8 Å². The maximum absolute atomic E-state index is 2.36. The van der Waals surface area contributed by atoms with Crippen molar-refractivity contribution in [3.63, 3.8) is 0 Å². The summed E-state index contributed by atoms with van der Waals surface area (Å²) >= 11 is 0. The fraction of sp³-hybridized carbons (Fsp3) is 0.692. The summed E-state index contributed by atoms with van der Waals surface area (Å²) in [6.45, 7) is 2.30. The molecule has 0 N–H and O–H groups in total. The van der Waals surface area contributed by atoms with Crippen molar-refractivity contribution in [1.29, 1.82) is 0 Å². The molecule has 0 heteroatoms. The Morgan fingerprint density at radius 2 is 2.38 bits per heavy atom. The lowest BCUT2D eigenvalue weighted by Crippen LogP contribution is -2.09. The molecule has 1 fully saturated rings. The molecule has 2 rings (SSSR count). The first kappa shape index (κ1) is 9.05. The Labute approximate surface area is 81.7 Å². The monoisotopic (exact) mass is 176 g/mol. The van der Waals surface area contributed by atoms with E-state index in [4.69, 9.17) is 0 Å². The van der Waals surface area contributed by atoms with Crippen molar-refractivity contribution in [3.8, 4) is 0 Å². The molecule has 0 nitrogen and oxygen atoms in total. The molecule has 2 unspecified atom stereocenters. The van der Waals surface area contributed by atoms with E-state index in [2.05, 4.69) is 25.2 Å². The van der Waals surface area contributed by atoms with Crippen LogP contribution in [-0.2, 0) is 0 Å². The van der Waals surface area contributed by atoms with Crippen LogP contribution in [0.5, 0.6) is 0 Å². The Bertz CT molecular complexity index is 222. The Kier molecular flexibility index (Phi) is 2.87. The molecule has 0 heterocycles. The molecule has 0 aromatic heterocycles. The van der Waals surface area contributed by atoms with E-state index in [0.717, 1.165) is 11.8 Å². The van der Waals surface area contributed by atoms with Crippen LogP contribution in [0.2, 0.25) is 0 Å². The second-order valence-electron chi connectivity index (χ2n) is 4.45. The van der Waals surface area contributed by atoms with Crippen molar-refractivity contribution in [2.75, 3.05) is 0 Å². The molecule has 2 aliphatic carbocycles. The highest BCUT2D eigenvalue weighted by molar-refractivity contribution is 5.24. The molecule has 2 atom stereocenters. The molecule has 0 aliphatic heterocycles. The minimum atomic E-state index is 0.927. The van der Waals surface area contributed by atoms with Crippen LogP contribution in [-0.4, -0.2) is 0 Å². The number of rotatable bonds is 3. The first-order valence-corrected chi connectivity index (χ1v) is 5.77. The highest BCUT2D eigenvalue weighted by atomic mass is 14.3. The highest BCUT2D eigenvalue weighted by Crippen LogP contribution is 2.42. The molecule has 13 heavy (non-hydrogen) atoms. The Hall–Kier alpha value is -0.520. The summed E-state index contributed by atoms with van der Waals surface area (Å²) in [4.78, 5) is 0. The van der Waals surface area contributed by atoms with Crippen LogP contribution in [0.3, 0.4) is 0 Å². The van der Waals surface area contributed by atoms with Gasteiger partial charge in [0.25, 0.3) is 0 Å². The van der Waals surface area contributed by atoms with Gasteiger partial charge in [-0.05, 0) is 37.5 Å². The van der Waals surface area contributed by atoms with E-state index in [1.165, 1.54) is 38.5 Å². The van der Waals surface area contributed by atoms with Crippen LogP contribution in [0.25, 0.3) is 0 Å². The molecule has 0 aromatic carbocycles. The summed E-state index contributed by atoms with van der Waals surface area (Å²) in [5, 5.41) is 0. The predicted octanol–water partition coefficient (Wildman–Crippen LogP) is 4.09. The minimum Gasteiger partial charge on any atom is -0.0839 e. The zero-order valence-corrected chi connectivity index (χ0v) is 8.63. The van der Waals surface area contributed by atoms with Crippen molar-refractivity contribution in [1.82, 2.24) is 0 Å². The van der Waals surface area contributed by atoms with E-state index < -0.39 is 0 Å². The third-order valence-electron chi connectivity index (χ3n) is 3.61. The largest absolute Gasteiger partial charge is 0.0839 e. The molecule has 0 radical (unpaired) electrons. The number of hydrogen-bond acceptors (Lipinski definition) is 0. The van der Waals surface area contributed by atoms with Crippen LogP contribution in [0.1, 0.15) is 45.4 Å². The topological polar surface area (TPSA) is 0 Å². The van der Waals surface area contributed by atoms with Gasteiger partial charge in [0.2, 0.25) is 0 Å². The van der Waals surface area contributed by atoms with E-state index in [9.17, 15) is 0 Å². The lowest BCUT2D eigenvalue weighted by Gasteiger charge is -2.20. The van der Waals surface area contributed by atoms with E-state index in [1.54, 1.807) is 5.57 Å². The standard InChI is InChI=1S/C13H20/c1-2-3-6-11-9-10-12-7-4-5-8-13(11)12/h4-5,7,11,13H,2-3,6,8-10H2,1H3. The van der Waals surface area contributed by atoms with E-state index >= 15 is 0 Å². The minimum absolute atomic E-state index is 0.927. The van der Waals surface area contributed by atoms with Crippen LogP contribution in [0.4, 0.5) is 0 Å². The van der Waals surface area contributed by atoms with E-state index in [1.807, 2.05) is 0 Å². The molecule has 0 spiro atoms. The summed E-state index contributed by atoms with van der Waals surface area (Å²) in [5.41, 5.74) is 1.74. The predicted molar refractivity (Wildman–Crippen MR) is 57.6 cm³/mol. The van der Waals surface area contributed by atoms with E-state index in [-0.39, 0.29) is 0 Å². The SMILES string of the molecule is CCCCC1CCC2=CC=CCC21. The van der Waals surface area contributed by atoms with E-state index in [0.29, 0.717) is 0 Å². The smallest absolute Gasteiger partial charge is 0.0137 e. The van der Waals surface area contributed by atoms with Crippen LogP contribution >= 0.6 is 0 Å². The zero-order valence-electron chi connectivity index (χ0n) is 8.63. The van der Waals surface area contributed by atoms with Crippen molar-refractivity contribution in [3.05, 3.63) is 23.8 Å². The average Bonchev–Trinajstić information content (AvgIpc) is 2.58. The van der Waals surface area contributed by atoms with Gasteiger partial charge in [0.15, 0.2) is 0 Å². The highest BCUT2D eigenvalue weighted by Gasteiger charge is 2.30. The van der Waals surface area contributed by atoms with Gasteiger partial charge in [0.05, 0.1) is 0 Å². The van der Waals surface area contributed by atoms with Crippen molar-refractivity contribution >= 4 is 0 Å². The summed E-state index contributed by atoms with van der Waals surface area (Å²) in [5.74, 6) is 1.94. The average molecular weight is 176 g/mol. The maximum atomic E-state index is 2.36. The lowest BCUT2D eigenvalue weighted by molar-refractivity contribution is 0.382. The van der Waals surface area contributed by atoms with Gasteiger partial charge in [-0.1, -0.05) is 43.6 Å². The molecular weight excluding hydrogens is 156 g/mol. The summed E-state index contributed by atoms with van der Waals surface area (Å²) in [6.07, 6.45) is 15.4. The fourth-order valence-corrected chi connectivity index (χ4v) is 2.82. The van der Waals surface area contributed by atoms with Gasteiger partial charge in [-0.2, -0.15) is 0 Å². The zero-order chi connectivity index (χ0) is 9.10. The van der Waals surface area contributed by atoms with Crippen molar-refractivity contribution in [2.24, 2.45) is 11.8 Å². The van der Waals surface area contributed by atoms with Crippen molar-refractivity contribution in [2.45, 2.75) is 45.4 Å². The van der Waals surface area contributed by atoms with Gasteiger partial charge in [0, 0.05) is 0 Å².